The minimum Gasteiger partial charge on any atom is -0.493 e. The molecule has 0 saturated heterocycles. The van der Waals surface area contributed by atoms with E-state index in [-0.39, 0.29) is 6.29 Å². The van der Waals surface area contributed by atoms with E-state index < -0.39 is 0 Å². The molecule has 0 spiro atoms. The summed E-state index contributed by atoms with van der Waals surface area (Å²) in [6.45, 7) is 11.3. The lowest BCUT2D eigenvalue weighted by Gasteiger charge is -2.40. The van der Waals surface area contributed by atoms with Crippen molar-refractivity contribution in [3.8, 4) is 11.5 Å². The van der Waals surface area contributed by atoms with Crippen LogP contribution in [0.3, 0.4) is 0 Å². The number of nitrogens with two attached hydrogens (primary N) is 1. The number of ether oxygens (including phenoxy) is 3. The van der Waals surface area contributed by atoms with E-state index in [4.69, 9.17) is 14.2 Å². The van der Waals surface area contributed by atoms with Gasteiger partial charge >= 0.3 is 0 Å². The highest BCUT2D eigenvalue weighted by Gasteiger charge is 2.34. The zero-order valence-corrected chi connectivity index (χ0v) is 22.5. The van der Waals surface area contributed by atoms with Crippen LogP contribution in [0.5, 0.6) is 11.5 Å². The van der Waals surface area contributed by atoms with Crippen molar-refractivity contribution in [2.75, 3.05) is 14.2 Å². The predicted molar refractivity (Wildman–Crippen MR) is 139 cm³/mol. The third kappa shape index (κ3) is 9.48. The summed E-state index contributed by atoms with van der Waals surface area (Å²) in [6.07, 6.45) is 12.6. The molecule has 2 aliphatic rings. The summed E-state index contributed by atoms with van der Waals surface area (Å²) in [6, 6.07) is 6.40. The van der Waals surface area contributed by atoms with E-state index in [0.717, 1.165) is 42.6 Å². The summed E-state index contributed by atoms with van der Waals surface area (Å²) in [5.41, 5.74) is 6.13. The third-order valence-corrected chi connectivity index (χ3v) is 7.15. The first-order chi connectivity index (χ1) is 15.7. The van der Waals surface area contributed by atoms with Crippen molar-refractivity contribution >= 4 is 0 Å². The number of methoxy groups -OCH3 is 1. The van der Waals surface area contributed by atoms with Crippen molar-refractivity contribution < 1.29 is 14.2 Å². The molecule has 3 rings (SSSR count). The fourth-order valence-corrected chi connectivity index (χ4v) is 5.31. The molecule has 2 fully saturated rings. The molecule has 4 nitrogen and oxygen atoms in total. The molecule has 0 amide bonds. The molecule has 0 aliphatic heterocycles. The van der Waals surface area contributed by atoms with Gasteiger partial charge in [-0.15, -0.1) is 0 Å². The van der Waals surface area contributed by atoms with Crippen molar-refractivity contribution in [3.05, 3.63) is 23.8 Å². The van der Waals surface area contributed by atoms with Crippen LogP contribution >= 0.6 is 0 Å². The van der Waals surface area contributed by atoms with E-state index in [1.54, 1.807) is 7.11 Å². The summed E-state index contributed by atoms with van der Waals surface area (Å²) in [7, 11) is 3.23. The van der Waals surface area contributed by atoms with Gasteiger partial charge in [0.05, 0.1) is 13.2 Å². The molecule has 4 heteroatoms. The van der Waals surface area contributed by atoms with Crippen LogP contribution in [0.4, 0.5) is 0 Å². The average molecular weight is 462 g/mol. The minimum atomic E-state index is -0.209. The van der Waals surface area contributed by atoms with Crippen LogP contribution in [0.15, 0.2) is 18.2 Å². The Labute approximate surface area is 203 Å². The number of hydrogen-bond acceptors (Lipinski definition) is 4. The Morgan fingerprint density at radius 1 is 0.970 bits per heavy atom. The fourth-order valence-electron chi connectivity index (χ4n) is 5.31. The van der Waals surface area contributed by atoms with Crippen LogP contribution in [0.1, 0.15) is 98.0 Å². The van der Waals surface area contributed by atoms with Gasteiger partial charge in [0.15, 0.2) is 11.5 Å². The molecule has 4 unspecified atom stereocenters. The summed E-state index contributed by atoms with van der Waals surface area (Å²) in [5, 5.41) is 0. The molecule has 1 aromatic rings. The lowest BCUT2D eigenvalue weighted by molar-refractivity contribution is -0.147. The van der Waals surface area contributed by atoms with Crippen molar-refractivity contribution in [2.45, 2.75) is 111 Å². The molecule has 4 atom stereocenters. The summed E-state index contributed by atoms with van der Waals surface area (Å²) >= 11 is 0. The number of aryl methyl sites for hydroxylation is 1. The summed E-state index contributed by atoms with van der Waals surface area (Å²) in [5.74, 6) is 3.95. The fraction of sp³-hybridized carbons (Fsp3) is 0.793. The second-order valence-corrected chi connectivity index (χ2v) is 11.6. The van der Waals surface area contributed by atoms with Gasteiger partial charge in [0.2, 0.25) is 6.29 Å². The van der Waals surface area contributed by atoms with E-state index in [0.29, 0.717) is 17.4 Å². The molecule has 190 valence electrons. The minimum absolute atomic E-state index is 0.209. The maximum absolute atomic E-state index is 6.60. The van der Waals surface area contributed by atoms with Gasteiger partial charge in [-0.05, 0) is 80.0 Å². The molecule has 2 saturated carbocycles. The van der Waals surface area contributed by atoms with E-state index in [1.807, 2.05) is 0 Å². The van der Waals surface area contributed by atoms with Gasteiger partial charge in [0.1, 0.15) is 0 Å². The number of benzene rings is 1. The first kappa shape index (κ1) is 28.0. The van der Waals surface area contributed by atoms with Gasteiger partial charge in [-0.1, -0.05) is 66.4 Å². The van der Waals surface area contributed by atoms with Crippen molar-refractivity contribution in [1.29, 1.82) is 0 Å². The number of rotatable bonds is 9. The number of hydrogen-bond donors (Lipinski definition) is 1. The Hall–Kier alpha value is -1.26. The highest BCUT2D eigenvalue weighted by Crippen LogP contribution is 2.42. The topological polar surface area (TPSA) is 53.7 Å². The summed E-state index contributed by atoms with van der Waals surface area (Å²) < 4.78 is 18.7. The highest BCUT2D eigenvalue weighted by atomic mass is 16.7. The Balaban J connectivity index is 0.00000187. The van der Waals surface area contributed by atoms with Crippen LogP contribution in [0.25, 0.3) is 0 Å². The van der Waals surface area contributed by atoms with Crippen LogP contribution < -0.4 is 15.2 Å². The molecular formula is C29H51NO3. The second-order valence-electron chi connectivity index (χ2n) is 11.6. The molecule has 0 heterocycles. The van der Waals surface area contributed by atoms with Crippen molar-refractivity contribution in [3.63, 3.8) is 0 Å². The molecule has 33 heavy (non-hydrogen) atoms. The van der Waals surface area contributed by atoms with E-state index in [9.17, 15) is 0 Å². The molecule has 0 radical (unpaired) electrons. The monoisotopic (exact) mass is 461 g/mol. The Bertz CT molecular complexity index is 682. The quantitative estimate of drug-likeness (QED) is 0.390. The van der Waals surface area contributed by atoms with Crippen LogP contribution in [-0.4, -0.2) is 26.6 Å². The van der Waals surface area contributed by atoms with E-state index >= 15 is 0 Å². The smallest absolute Gasteiger partial charge is 0.200 e. The van der Waals surface area contributed by atoms with E-state index in [1.165, 1.54) is 57.6 Å². The highest BCUT2D eigenvalue weighted by molar-refractivity contribution is 5.43. The SMILES string of the molecule is CN.COc1cc(CCC(C)(C)C)ccc1OC(CC(C)C)OC1CCC2CCCCC2C1. The van der Waals surface area contributed by atoms with Gasteiger partial charge in [0, 0.05) is 6.42 Å². The van der Waals surface area contributed by atoms with Crippen molar-refractivity contribution in [2.24, 2.45) is 28.9 Å². The Kier molecular flexibility index (Phi) is 11.5. The van der Waals surface area contributed by atoms with Gasteiger partial charge in [-0.25, -0.2) is 0 Å². The maximum atomic E-state index is 6.60. The van der Waals surface area contributed by atoms with Gasteiger partial charge in [-0.3, -0.25) is 0 Å². The lowest BCUT2D eigenvalue weighted by Crippen LogP contribution is -2.36. The molecule has 2 aliphatic carbocycles. The largest absolute Gasteiger partial charge is 0.493 e. The Morgan fingerprint density at radius 2 is 1.67 bits per heavy atom. The molecule has 2 N–H and O–H groups in total. The maximum Gasteiger partial charge on any atom is 0.200 e. The Morgan fingerprint density at radius 3 is 2.30 bits per heavy atom. The van der Waals surface area contributed by atoms with Crippen LogP contribution in [0, 0.1) is 23.2 Å². The van der Waals surface area contributed by atoms with E-state index in [2.05, 4.69) is 58.6 Å². The summed E-state index contributed by atoms with van der Waals surface area (Å²) in [4.78, 5) is 0. The molecule has 1 aromatic carbocycles. The van der Waals surface area contributed by atoms with Gasteiger partial charge < -0.3 is 19.9 Å². The second kappa shape index (κ2) is 13.6. The zero-order valence-electron chi connectivity index (χ0n) is 22.5. The lowest BCUT2D eigenvalue weighted by atomic mass is 9.70. The standard InChI is InChI=1S/C28H46O3.CH5N/c1-20(2)17-27(30-24-13-12-22-9-7-8-10-23(22)19-24)31-25-14-11-21(18-26(25)29-6)15-16-28(3,4)5;1-2/h11,14,18,20,22-24,27H,7-10,12-13,15-17,19H2,1-6H3;2H2,1H3. The van der Waals surface area contributed by atoms with Gasteiger partial charge in [-0.2, -0.15) is 0 Å². The molecule has 0 aromatic heterocycles. The first-order valence-corrected chi connectivity index (χ1v) is 13.3. The van der Waals surface area contributed by atoms with Crippen LogP contribution in [-0.2, 0) is 11.2 Å². The third-order valence-electron chi connectivity index (χ3n) is 7.15. The van der Waals surface area contributed by atoms with Crippen molar-refractivity contribution in [1.82, 2.24) is 0 Å². The predicted octanol–water partition coefficient (Wildman–Crippen LogP) is 7.38. The van der Waals surface area contributed by atoms with Gasteiger partial charge in [0.25, 0.3) is 0 Å². The normalized spacial score (nSPS) is 23.8. The molecule has 0 bridgehead atoms. The average Bonchev–Trinajstić information content (AvgIpc) is 2.78. The van der Waals surface area contributed by atoms with Crippen LogP contribution in [0.2, 0.25) is 0 Å². The zero-order chi connectivity index (χ0) is 24.4. The molecular weight excluding hydrogens is 410 g/mol. The first-order valence-electron chi connectivity index (χ1n) is 13.3. The number of fused-ring (bicyclic) bond motifs is 1.